The fraction of sp³-hybridized carbons (Fsp3) is 0.765. The van der Waals surface area contributed by atoms with Crippen LogP contribution in [0.3, 0.4) is 0 Å². The second kappa shape index (κ2) is 14.4. The molecule has 0 amide bonds. The van der Waals surface area contributed by atoms with E-state index in [-0.39, 0.29) is 51.2 Å². The Morgan fingerprint density at radius 1 is 0.920 bits per heavy atom. The van der Waals surface area contributed by atoms with Gasteiger partial charge in [0.2, 0.25) is 5.78 Å². The molecule has 0 saturated heterocycles. The summed E-state index contributed by atoms with van der Waals surface area (Å²) in [6.45, 7) is 4.48. The fourth-order valence-electron chi connectivity index (χ4n) is 1.97. The van der Waals surface area contributed by atoms with Gasteiger partial charge < -0.3 is 19.3 Å². The third-order valence-electron chi connectivity index (χ3n) is 3.49. The molecule has 0 bridgehead atoms. The number of rotatable bonds is 15. The van der Waals surface area contributed by atoms with E-state index in [1.165, 1.54) is 0 Å². The Labute approximate surface area is 147 Å². The number of carboxylic acids is 1. The second-order valence-corrected chi connectivity index (χ2v) is 5.48. The lowest BCUT2D eigenvalue weighted by Crippen LogP contribution is -2.20. The maximum atomic E-state index is 11.8. The second-order valence-electron chi connectivity index (χ2n) is 5.48. The van der Waals surface area contributed by atoms with Crippen molar-refractivity contribution < 1.29 is 38.5 Å². The van der Waals surface area contributed by atoms with Gasteiger partial charge in [0.05, 0.1) is 25.6 Å². The molecule has 0 aromatic heterocycles. The average Bonchev–Trinajstić information content (AvgIpc) is 2.59. The molecule has 0 rings (SSSR count). The third-order valence-corrected chi connectivity index (χ3v) is 3.49. The Morgan fingerprint density at radius 3 is 2.12 bits per heavy atom. The Morgan fingerprint density at radius 2 is 1.56 bits per heavy atom. The first-order valence-electron chi connectivity index (χ1n) is 8.58. The molecule has 144 valence electrons. The van der Waals surface area contributed by atoms with Crippen molar-refractivity contribution in [3.8, 4) is 0 Å². The summed E-state index contributed by atoms with van der Waals surface area (Å²) in [5.41, 5.74) is 0. The maximum absolute atomic E-state index is 11.8. The van der Waals surface area contributed by atoms with E-state index in [0.29, 0.717) is 0 Å². The van der Waals surface area contributed by atoms with Crippen LogP contribution < -0.4 is 0 Å². The standard InChI is InChI=1S/C17H28O8/c1-3-5-6-13(4-2)17(22)25-12-10-23-9-11-24-15(19)8-7-14(18)16(20)21/h13H,3-12H2,1-2H3,(H,20,21). The first-order chi connectivity index (χ1) is 11.9. The van der Waals surface area contributed by atoms with Gasteiger partial charge >= 0.3 is 17.9 Å². The molecular weight excluding hydrogens is 332 g/mol. The van der Waals surface area contributed by atoms with Gasteiger partial charge in [-0.05, 0) is 12.8 Å². The highest BCUT2D eigenvalue weighted by molar-refractivity contribution is 6.32. The van der Waals surface area contributed by atoms with Crippen LogP contribution in [0.5, 0.6) is 0 Å². The molecule has 0 fully saturated rings. The summed E-state index contributed by atoms with van der Waals surface area (Å²) in [4.78, 5) is 44.1. The van der Waals surface area contributed by atoms with Crippen molar-refractivity contribution in [2.45, 2.75) is 52.4 Å². The summed E-state index contributed by atoms with van der Waals surface area (Å²) >= 11 is 0. The van der Waals surface area contributed by atoms with Gasteiger partial charge in [-0.2, -0.15) is 0 Å². The van der Waals surface area contributed by atoms with E-state index in [1.807, 2.05) is 6.92 Å². The number of Topliss-reactive ketones (excluding diaryl/α,β-unsaturated/α-hetero) is 1. The molecule has 1 unspecified atom stereocenters. The topological polar surface area (TPSA) is 116 Å². The molecule has 0 saturated carbocycles. The van der Waals surface area contributed by atoms with Gasteiger partial charge in [0.15, 0.2) is 0 Å². The van der Waals surface area contributed by atoms with Crippen LogP contribution in [0.4, 0.5) is 0 Å². The normalized spacial score (nSPS) is 11.6. The third kappa shape index (κ3) is 12.1. The zero-order chi connectivity index (χ0) is 19.1. The van der Waals surface area contributed by atoms with Crippen LogP contribution in [0.25, 0.3) is 0 Å². The zero-order valence-electron chi connectivity index (χ0n) is 15.0. The van der Waals surface area contributed by atoms with Gasteiger partial charge in [-0.25, -0.2) is 4.79 Å². The fourth-order valence-corrected chi connectivity index (χ4v) is 1.97. The molecule has 0 aromatic carbocycles. The Hall–Kier alpha value is -1.96. The smallest absolute Gasteiger partial charge is 0.372 e. The van der Waals surface area contributed by atoms with Crippen LogP contribution in [0.1, 0.15) is 52.4 Å². The number of hydrogen-bond donors (Lipinski definition) is 1. The summed E-state index contributed by atoms with van der Waals surface area (Å²) in [5, 5.41) is 8.37. The van der Waals surface area contributed by atoms with Crippen molar-refractivity contribution in [1.29, 1.82) is 0 Å². The number of unbranched alkanes of at least 4 members (excludes halogenated alkanes) is 1. The van der Waals surface area contributed by atoms with E-state index in [1.54, 1.807) is 0 Å². The van der Waals surface area contributed by atoms with E-state index in [2.05, 4.69) is 6.92 Å². The molecule has 0 heterocycles. The van der Waals surface area contributed by atoms with E-state index >= 15 is 0 Å². The highest BCUT2D eigenvalue weighted by atomic mass is 16.6. The number of ketones is 1. The van der Waals surface area contributed by atoms with Gasteiger partial charge in [0.25, 0.3) is 0 Å². The van der Waals surface area contributed by atoms with Crippen LogP contribution in [-0.4, -0.2) is 55.2 Å². The van der Waals surface area contributed by atoms with Gasteiger partial charge in [-0.1, -0.05) is 26.7 Å². The lowest BCUT2D eigenvalue weighted by atomic mass is 10.00. The Balaban J connectivity index is 3.63. The molecule has 1 atom stereocenters. The van der Waals surface area contributed by atoms with E-state index in [0.717, 1.165) is 25.7 Å². The van der Waals surface area contributed by atoms with Crippen LogP contribution >= 0.6 is 0 Å². The number of carbonyl (C=O) groups is 4. The number of carbonyl (C=O) groups excluding carboxylic acids is 3. The predicted octanol–water partition coefficient (Wildman–Crippen LogP) is 1.74. The Bertz CT molecular complexity index is 432. The summed E-state index contributed by atoms with van der Waals surface area (Å²) in [5.74, 6) is -3.54. The SMILES string of the molecule is CCCCC(CC)C(=O)OCCOCCOC(=O)CCC(=O)C(=O)O. The van der Waals surface area contributed by atoms with Crippen LogP contribution in [0.2, 0.25) is 0 Å². The van der Waals surface area contributed by atoms with Gasteiger partial charge in [-0.3, -0.25) is 14.4 Å². The summed E-state index contributed by atoms with van der Waals surface area (Å²) in [6, 6.07) is 0. The van der Waals surface area contributed by atoms with Crippen molar-refractivity contribution in [1.82, 2.24) is 0 Å². The van der Waals surface area contributed by atoms with Crippen molar-refractivity contribution in [2.24, 2.45) is 5.92 Å². The molecule has 0 aliphatic carbocycles. The largest absolute Gasteiger partial charge is 0.476 e. The minimum atomic E-state index is -1.56. The van der Waals surface area contributed by atoms with Crippen molar-refractivity contribution >= 4 is 23.7 Å². The van der Waals surface area contributed by atoms with Gasteiger partial charge in [-0.15, -0.1) is 0 Å². The molecule has 0 aliphatic rings. The highest BCUT2D eigenvalue weighted by Crippen LogP contribution is 2.14. The number of ether oxygens (including phenoxy) is 3. The lowest BCUT2D eigenvalue weighted by Gasteiger charge is -2.13. The summed E-state index contributed by atoms with van der Waals surface area (Å²) in [6.07, 6.45) is 2.94. The maximum Gasteiger partial charge on any atom is 0.372 e. The first-order valence-corrected chi connectivity index (χ1v) is 8.58. The molecule has 25 heavy (non-hydrogen) atoms. The minimum Gasteiger partial charge on any atom is -0.476 e. The van der Waals surface area contributed by atoms with Crippen molar-refractivity contribution in [2.75, 3.05) is 26.4 Å². The summed E-state index contributed by atoms with van der Waals surface area (Å²) in [7, 11) is 0. The zero-order valence-corrected chi connectivity index (χ0v) is 15.0. The minimum absolute atomic E-state index is 0.0118. The predicted molar refractivity (Wildman–Crippen MR) is 87.9 cm³/mol. The molecule has 0 aromatic rings. The van der Waals surface area contributed by atoms with Crippen LogP contribution in [0.15, 0.2) is 0 Å². The summed E-state index contributed by atoms with van der Waals surface area (Å²) < 4.78 is 15.1. The quantitative estimate of drug-likeness (QED) is 0.267. The van der Waals surface area contributed by atoms with Crippen LogP contribution in [0, 0.1) is 5.92 Å². The van der Waals surface area contributed by atoms with Gasteiger partial charge in [0, 0.05) is 6.42 Å². The molecule has 0 radical (unpaired) electrons. The molecular formula is C17H28O8. The highest BCUT2D eigenvalue weighted by Gasteiger charge is 2.17. The van der Waals surface area contributed by atoms with Crippen molar-refractivity contribution in [3.63, 3.8) is 0 Å². The molecule has 8 heteroatoms. The van der Waals surface area contributed by atoms with E-state index < -0.39 is 17.7 Å². The van der Waals surface area contributed by atoms with Gasteiger partial charge in [0.1, 0.15) is 13.2 Å². The van der Waals surface area contributed by atoms with E-state index in [4.69, 9.17) is 19.3 Å². The number of esters is 2. The average molecular weight is 360 g/mol. The van der Waals surface area contributed by atoms with Crippen molar-refractivity contribution in [3.05, 3.63) is 0 Å². The lowest BCUT2D eigenvalue weighted by molar-refractivity contribution is -0.151. The monoisotopic (exact) mass is 360 g/mol. The number of hydrogen-bond acceptors (Lipinski definition) is 7. The van der Waals surface area contributed by atoms with Crippen LogP contribution in [-0.2, 0) is 33.4 Å². The first kappa shape index (κ1) is 23.0. The van der Waals surface area contributed by atoms with E-state index in [9.17, 15) is 19.2 Å². The number of aliphatic carboxylic acids is 1. The molecule has 8 nitrogen and oxygen atoms in total. The molecule has 0 aliphatic heterocycles. The molecule has 0 spiro atoms. The number of carboxylic acid groups (broad SMARTS) is 1. The molecule has 1 N–H and O–H groups in total. The Kier molecular flexibility index (Phi) is 13.3.